The van der Waals surface area contributed by atoms with Crippen molar-refractivity contribution in [1.82, 2.24) is 9.55 Å². The highest BCUT2D eigenvalue weighted by molar-refractivity contribution is 7.99. The molecule has 0 spiro atoms. The summed E-state index contributed by atoms with van der Waals surface area (Å²) in [4.78, 5) is 17.7. The van der Waals surface area contributed by atoms with E-state index in [-0.39, 0.29) is 5.56 Å². The normalized spacial score (nSPS) is 10.7. The second-order valence-corrected chi connectivity index (χ2v) is 6.91. The molecule has 0 aliphatic carbocycles. The molecule has 0 saturated heterocycles. The molecule has 0 saturated carbocycles. The van der Waals surface area contributed by atoms with Gasteiger partial charge in [0, 0.05) is 12.2 Å². The largest absolute Gasteiger partial charge is 0.268 e. The van der Waals surface area contributed by atoms with Crippen molar-refractivity contribution < 1.29 is 0 Å². The number of aryl methyl sites for hydroxylation is 1. The zero-order valence-electron chi connectivity index (χ0n) is 14.1. The minimum Gasteiger partial charge on any atom is -0.268 e. The Hall–Kier alpha value is -2.58. The average Bonchev–Trinajstić information content (AvgIpc) is 2.63. The van der Waals surface area contributed by atoms with Crippen LogP contribution in [0, 0.1) is 18.3 Å². The van der Waals surface area contributed by atoms with E-state index in [2.05, 4.69) is 6.07 Å². The van der Waals surface area contributed by atoms with E-state index in [1.54, 1.807) is 16.3 Å². The zero-order chi connectivity index (χ0) is 17.6. The Balaban J connectivity index is 2.03. The number of hydrogen-bond donors (Lipinski definition) is 0. The molecule has 0 atom stereocenters. The molecule has 3 rings (SSSR count). The lowest BCUT2D eigenvalue weighted by atomic mass is 10.2. The van der Waals surface area contributed by atoms with Crippen molar-refractivity contribution in [2.75, 3.05) is 5.75 Å². The molecule has 4 nitrogen and oxygen atoms in total. The smallest absolute Gasteiger partial charge is 0.266 e. The average molecular weight is 349 g/mol. The summed E-state index contributed by atoms with van der Waals surface area (Å²) in [6.07, 6.45) is 2.36. The van der Waals surface area contributed by atoms with E-state index in [1.165, 1.54) is 0 Å². The monoisotopic (exact) mass is 349 g/mol. The fourth-order valence-corrected chi connectivity index (χ4v) is 3.61. The zero-order valence-corrected chi connectivity index (χ0v) is 14.9. The Morgan fingerprint density at radius 1 is 1.12 bits per heavy atom. The molecule has 1 heterocycles. The van der Waals surface area contributed by atoms with E-state index in [4.69, 9.17) is 10.2 Å². The number of nitrogens with zero attached hydrogens (tertiary/aromatic N) is 3. The molecule has 0 N–H and O–H groups in total. The molecular weight excluding hydrogens is 330 g/mol. The van der Waals surface area contributed by atoms with Gasteiger partial charge in [0.2, 0.25) is 0 Å². The van der Waals surface area contributed by atoms with Crippen LogP contribution in [0.3, 0.4) is 0 Å². The minimum absolute atomic E-state index is 0.0472. The van der Waals surface area contributed by atoms with Crippen molar-refractivity contribution in [2.45, 2.75) is 31.3 Å². The van der Waals surface area contributed by atoms with Crippen LogP contribution in [0.5, 0.6) is 0 Å². The third kappa shape index (κ3) is 3.92. The Morgan fingerprint density at radius 2 is 1.88 bits per heavy atom. The molecule has 0 fully saturated rings. The van der Waals surface area contributed by atoms with Gasteiger partial charge < -0.3 is 0 Å². The number of unbranched alkanes of at least 4 members (excludes halogenated alkanes) is 2. The first kappa shape index (κ1) is 17.2. The van der Waals surface area contributed by atoms with E-state index in [1.807, 2.05) is 55.5 Å². The van der Waals surface area contributed by atoms with Gasteiger partial charge in [-0.1, -0.05) is 41.6 Å². The molecule has 2 aromatic carbocycles. The van der Waals surface area contributed by atoms with Crippen molar-refractivity contribution in [2.24, 2.45) is 0 Å². The van der Waals surface area contributed by atoms with Crippen LogP contribution in [0.1, 0.15) is 24.8 Å². The van der Waals surface area contributed by atoms with Gasteiger partial charge in [-0.25, -0.2) is 4.98 Å². The van der Waals surface area contributed by atoms with Crippen molar-refractivity contribution >= 4 is 22.7 Å². The molecule has 1 aromatic heterocycles. The van der Waals surface area contributed by atoms with E-state index < -0.39 is 0 Å². The number of fused-ring (bicyclic) bond motifs is 1. The van der Waals surface area contributed by atoms with Gasteiger partial charge in [-0.15, -0.1) is 0 Å². The van der Waals surface area contributed by atoms with Crippen LogP contribution < -0.4 is 5.56 Å². The van der Waals surface area contributed by atoms with E-state index in [9.17, 15) is 4.79 Å². The quantitative estimate of drug-likeness (QED) is 0.374. The number of benzene rings is 2. The van der Waals surface area contributed by atoms with Crippen LogP contribution in [0.15, 0.2) is 58.5 Å². The summed E-state index contributed by atoms with van der Waals surface area (Å²) in [5.74, 6) is 0.832. The van der Waals surface area contributed by atoms with Crippen molar-refractivity contribution in [1.29, 1.82) is 5.26 Å². The van der Waals surface area contributed by atoms with Gasteiger partial charge in [-0.3, -0.25) is 9.36 Å². The summed E-state index contributed by atoms with van der Waals surface area (Å²) >= 11 is 1.57. The summed E-state index contributed by atoms with van der Waals surface area (Å²) in [6, 6.07) is 17.5. The third-order valence-corrected chi connectivity index (χ3v) is 4.98. The van der Waals surface area contributed by atoms with E-state index in [0.29, 0.717) is 17.0 Å². The van der Waals surface area contributed by atoms with Gasteiger partial charge in [0.1, 0.15) is 0 Å². The highest BCUT2D eigenvalue weighted by Crippen LogP contribution is 2.22. The standard InChI is InChI=1S/C20H19N3OS/c1-15-9-11-16(12-10-15)23-19(24)17-7-3-4-8-18(17)22-20(23)25-14-6-2-5-13-21/h3-4,7-12H,2,5-6,14H2,1H3. The lowest BCUT2D eigenvalue weighted by molar-refractivity contribution is 0.804. The SMILES string of the molecule is Cc1ccc(-n2c(SCCCCC#N)nc3ccccc3c2=O)cc1. The molecule has 0 aliphatic rings. The highest BCUT2D eigenvalue weighted by atomic mass is 32.2. The fraction of sp³-hybridized carbons (Fsp3) is 0.250. The van der Waals surface area contributed by atoms with Gasteiger partial charge in [-0.05, 0) is 44.0 Å². The van der Waals surface area contributed by atoms with Crippen LogP contribution in [-0.4, -0.2) is 15.3 Å². The Labute approximate surface area is 151 Å². The number of rotatable bonds is 6. The Bertz CT molecular complexity index is 971. The summed E-state index contributed by atoms with van der Waals surface area (Å²) < 4.78 is 1.69. The second kappa shape index (κ2) is 8.00. The van der Waals surface area contributed by atoms with Crippen molar-refractivity contribution in [3.8, 4) is 11.8 Å². The Morgan fingerprint density at radius 3 is 2.64 bits per heavy atom. The first-order valence-corrected chi connectivity index (χ1v) is 9.28. The molecule has 126 valence electrons. The topological polar surface area (TPSA) is 58.7 Å². The molecule has 0 radical (unpaired) electrons. The van der Waals surface area contributed by atoms with Crippen LogP contribution >= 0.6 is 11.8 Å². The third-order valence-electron chi connectivity index (χ3n) is 3.95. The van der Waals surface area contributed by atoms with Gasteiger partial charge in [0.05, 0.1) is 22.7 Å². The number of nitriles is 1. The van der Waals surface area contributed by atoms with Crippen LogP contribution in [0.4, 0.5) is 0 Å². The van der Waals surface area contributed by atoms with Crippen LogP contribution in [0.25, 0.3) is 16.6 Å². The van der Waals surface area contributed by atoms with Gasteiger partial charge in [0.25, 0.3) is 5.56 Å². The molecule has 0 unspecified atom stereocenters. The summed E-state index contributed by atoms with van der Waals surface area (Å²) in [5, 5.41) is 9.96. The number of thioether (sulfide) groups is 1. The maximum Gasteiger partial charge on any atom is 0.266 e. The number of aromatic nitrogens is 2. The summed E-state index contributed by atoms with van der Waals surface area (Å²) in [6.45, 7) is 2.02. The maximum atomic E-state index is 13.0. The molecular formula is C20H19N3OS. The predicted octanol–water partition coefficient (Wildman–Crippen LogP) is 4.48. The van der Waals surface area contributed by atoms with Crippen molar-refractivity contribution in [3.63, 3.8) is 0 Å². The molecule has 3 aromatic rings. The first-order valence-electron chi connectivity index (χ1n) is 8.29. The highest BCUT2D eigenvalue weighted by Gasteiger charge is 2.13. The molecule has 5 heteroatoms. The maximum absolute atomic E-state index is 13.0. The first-order chi connectivity index (χ1) is 12.2. The van der Waals surface area contributed by atoms with Crippen LogP contribution in [0.2, 0.25) is 0 Å². The van der Waals surface area contributed by atoms with E-state index >= 15 is 0 Å². The van der Waals surface area contributed by atoms with Gasteiger partial charge >= 0.3 is 0 Å². The summed E-state index contributed by atoms with van der Waals surface area (Å²) in [5.41, 5.74) is 2.65. The van der Waals surface area contributed by atoms with Gasteiger partial charge in [0.15, 0.2) is 5.16 Å². The molecule has 25 heavy (non-hydrogen) atoms. The summed E-state index contributed by atoms with van der Waals surface area (Å²) in [7, 11) is 0. The van der Waals surface area contributed by atoms with Crippen molar-refractivity contribution in [3.05, 3.63) is 64.4 Å². The predicted molar refractivity (Wildman–Crippen MR) is 102 cm³/mol. The number of hydrogen-bond acceptors (Lipinski definition) is 4. The fourth-order valence-electron chi connectivity index (χ4n) is 2.60. The van der Waals surface area contributed by atoms with Crippen LogP contribution in [-0.2, 0) is 0 Å². The molecule has 0 amide bonds. The minimum atomic E-state index is -0.0472. The Kier molecular flexibility index (Phi) is 5.52. The van der Waals surface area contributed by atoms with E-state index in [0.717, 1.165) is 35.4 Å². The lowest BCUT2D eigenvalue weighted by Crippen LogP contribution is -2.21. The molecule has 0 bridgehead atoms. The second-order valence-electron chi connectivity index (χ2n) is 5.85. The molecule has 0 aliphatic heterocycles. The van der Waals surface area contributed by atoms with Gasteiger partial charge in [-0.2, -0.15) is 5.26 Å². The number of para-hydroxylation sites is 1. The lowest BCUT2D eigenvalue weighted by Gasteiger charge is -2.13.